The summed E-state index contributed by atoms with van der Waals surface area (Å²) in [5.74, 6) is 1.54. The maximum Gasteiger partial charge on any atom is 0.259 e. The monoisotopic (exact) mass is 329 g/mol. The molecule has 1 fully saturated rings. The number of carbonyl (C=O) groups excluding carboxylic acids is 1. The predicted octanol–water partition coefficient (Wildman–Crippen LogP) is 2.13. The van der Waals surface area contributed by atoms with E-state index in [9.17, 15) is 4.79 Å². The fourth-order valence-corrected chi connectivity index (χ4v) is 3.22. The van der Waals surface area contributed by atoms with Crippen molar-refractivity contribution in [1.29, 1.82) is 0 Å². The molecule has 7 nitrogen and oxygen atoms in total. The Balaban J connectivity index is 1.64. The van der Waals surface area contributed by atoms with E-state index in [1.807, 2.05) is 24.8 Å². The van der Waals surface area contributed by atoms with Gasteiger partial charge < -0.3 is 14.3 Å². The van der Waals surface area contributed by atoms with Gasteiger partial charge in [-0.1, -0.05) is 5.16 Å². The number of aromatic nitrogens is 3. The molecular weight excluding hydrogens is 306 g/mol. The van der Waals surface area contributed by atoms with Gasteiger partial charge in [0.1, 0.15) is 23.5 Å². The number of rotatable bonds is 3. The van der Waals surface area contributed by atoms with E-state index in [2.05, 4.69) is 27.1 Å². The first kappa shape index (κ1) is 16.4. The van der Waals surface area contributed by atoms with E-state index < -0.39 is 0 Å². The Labute approximate surface area is 141 Å². The van der Waals surface area contributed by atoms with Crippen molar-refractivity contribution in [2.45, 2.75) is 39.7 Å². The second-order valence-corrected chi connectivity index (χ2v) is 6.35. The van der Waals surface area contributed by atoms with Gasteiger partial charge in [-0.25, -0.2) is 9.97 Å². The van der Waals surface area contributed by atoms with Crippen LogP contribution < -0.4 is 4.90 Å². The molecule has 7 heteroatoms. The topological polar surface area (TPSA) is 75.4 Å². The summed E-state index contributed by atoms with van der Waals surface area (Å²) < 4.78 is 5.12. The number of piperidine rings is 1. The second kappa shape index (κ2) is 6.59. The third-order valence-electron chi connectivity index (χ3n) is 4.70. The van der Waals surface area contributed by atoms with Crippen molar-refractivity contribution >= 4 is 11.7 Å². The van der Waals surface area contributed by atoms with E-state index in [-0.39, 0.29) is 5.91 Å². The maximum atomic E-state index is 12.7. The molecule has 1 saturated heterocycles. The number of likely N-dealkylation sites (tertiary alicyclic amines) is 1. The molecule has 1 amide bonds. The largest absolute Gasteiger partial charge is 0.361 e. The zero-order valence-corrected chi connectivity index (χ0v) is 14.6. The highest BCUT2D eigenvalue weighted by Crippen LogP contribution is 2.23. The van der Waals surface area contributed by atoms with Crippen LogP contribution in [-0.2, 0) is 0 Å². The van der Waals surface area contributed by atoms with Gasteiger partial charge in [0.05, 0.1) is 5.69 Å². The van der Waals surface area contributed by atoms with E-state index in [1.54, 1.807) is 13.3 Å². The number of nitrogens with zero attached hydrogens (tertiary/aromatic N) is 5. The Hall–Kier alpha value is -2.44. The minimum Gasteiger partial charge on any atom is -0.361 e. The number of aryl methyl sites for hydroxylation is 3. The molecule has 0 bridgehead atoms. The lowest BCUT2D eigenvalue weighted by atomic mass is 10.0. The van der Waals surface area contributed by atoms with Crippen LogP contribution >= 0.6 is 0 Å². The fourth-order valence-electron chi connectivity index (χ4n) is 3.22. The molecule has 24 heavy (non-hydrogen) atoms. The molecule has 0 radical (unpaired) electrons. The zero-order valence-electron chi connectivity index (χ0n) is 14.6. The third-order valence-corrected chi connectivity index (χ3v) is 4.70. The molecule has 2 aromatic rings. The van der Waals surface area contributed by atoms with Crippen LogP contribution in [0.1, 0.15) is 40.3 Å². The molecule has 0 saturated carbocycles. The molecule has 0 aromatic carbocycles. The lowest BCUT2D eigenvalue weighted by Crippen LogP contribution is -2.46. The van der Waals surface area contributed by atoms with Crippen LogP contribution in [0, 0.1) is 20.8 Å². The first-order valence-electron chi connectivity index (χ1n) is 8.21. The highest BCUT2D eigenvalue weighted by Gasteiger charge is 2.29. The van der Waals surface area contributed by atoms with Crippen molar-refractivity contribution in [2.75, 3.05) is 25.0 Å². The molecule has 0 spiro atoms. The minimum absolute atomic E-state index is 0.0187. The third kappa shape index (κ3) is 3.11. The van der Waals surface area contributed by atoms with Gasteiger partial charge in [-0.15, -0.1) is 0 Å². The van der Waals surface area contributed by atoms with Crippen LogP contribution in [-0.4, -0.2) is 52.1 Å². The SMILES string of the molecule is Cc1cc(N(C)C2CCN(C(=O)c3c(C)noc3C)CC2)ncn1. The quantitative estimate of drug-likeness (QED) is 0.859. The Morgan fingerprint density at radius 2 is 1.96 bits per heavy atom. The van der Waals surface area contributed by atoms with Crippen molar-refractivity contribution in [1.82, 2.24) is 20.0 Å². The summed E-state index contributed by atoms with van der Waals surface area (Å²) in [6, 6.07) is 2.36. The highest BCUT2D eigenvalue weighted by atomic mass is 16.5. The molecule has 0 unspecified atom stereocenters. The van der Waals surface area contributed by atoms with Crippen LogP contribution in [0.4, 0.5) is 5.82 Å². The van der Waals surface area contributed by atoms with E-state index in [4.69, 9.17) is 4.52 Å². The molecule has 1 aliphatic heterocycles. The molecule has 0 N–H and O–H groups in total. The average molecular weight is 329 g/mol. The smallest absolute Gasteiger partial charge is 0.259 e. The van der Waals surface area contributed by atoms with E-state index in [0.29, 0.717) is 23.1 Å². The highest BCUT2D eigenvalue weighted by molar-refractivity contribution is 5.96. The Morgan fingerprint density at radius 3 is 2.54 bits per heavy atom. The van der Waals surface area contributed by atoms with Crippen LogP contribution in [0.25, 0.3) is 0 Å². The van der Waals surface area contributed by atoms with E-state index in [1.165, 1.54) is 0 Å². The van der Waals surface area contributed by atoms with Gasteiger partial charge in [0, 0.05) is 37.9 Å². The number of carbonyl (C=O) groups is 1. The van der Waals surface area contributed by atoms with Crippen LogP contribution in [0.2, 0.25) is 0 Å². The summed E-state index contributed by atoms with van der Waals surface area (Å²) in [5.41, 5.74) is 2.22. The molecule has 128 valence electrons. The van der Waals surface area contributed by atoms with Gasteiger partial charge >= 0.3 is 0 Å². The summed E-state index contributed by atoms with van der Waals surface area (Å²) in [4.78, 5) is 25.3. The van der Waals surface area contributed by atoms with Crippen molar-refractivity contribution < 1.29 is 9.32 Å². The Kier molecular flexibility index (Phi) is 4.51. The van der Waals surface area contributed by atoms with Crippen molar-refractivity contribution in [3.8, 4) is 0 Å². The first-order chi connectivity index (χ1) is 11.5. The molecular formula is C17H23N5O2. The van der Waals surface area contributed by atoms with Gasteiger partial charge in [-0.3, -0.25) is 4.79 Å². The number of hydrogen-bond donors (Lipinski definition) is 0. The Bertz CT molecular complexity index is 715. The summed E-state index contributed by atoms with van der Waals surface area (Å²) in [5, 5.41) is 3.88. The van der Waals surface area contributed by atoms with Crippen molar-refractivity contribution in [3.63, 3.8) is 0 Å². The summed E-state index contributed by atoms with van der Waals surface area (Å²) >= 11 is 0. The van der Waals surface area contributed by atoms with Crippen molar-refractivity contribution in [3.05, 3.63) is 35.1 Å². The molecule has 1 aliphatic rings. The normalized spacial score (nSPS) is 15.6. The fraction of sp³-hybridized carbons (Fsp3) is 0.529. The standard InChI is InChI=1S/C17H23N5O2/c1-11-9-15(19-10-18-11)21(4)14-5-7-22(8-6-14)17(23)16-12(2)20-24-13(16)3/h9-10,14H,5-8H2,1-4H3. The van der Waals surface area contributed by atoms with Crippen LogP contribution in [0.15, 0.2) is 16.9 Å². The van der Waals surface area contributed by atoms with Gasteiger partial charge in [0.2, 0.25) is 0 Å². The average Bonchev–Trinajstić information content (AvgIpc) is 2.92. The summed E-state index contributed by atoms with van der Waals surface area (Å²) in [6.07, 6.45) is 3.42. The number of anilines is 1. The predicted molar refractivity (Wildman–Crippen MR) is 90.1 cm³/mol. The molecule has 0 aliphatic carbocycles. The summed E-state index contributed by atoms with van der Waals surface area (Å²) in [7, 11) is 2.05. The maximum absolute atomic E-state index is 12.7. The number of amides is 1. The summed E-state index contributed by atoms with van der Waals surface area (Å²) in [6.45, 7) is 7.00. The molecule has 2 aromatic heterocycles. The molecule has 0 atom stereocenters. The van der Waals surface area contributed by atoms with Gasteiger partial charge in [0.15, 0.2) is 0 Å². The van der Waals surface area contributed by atoms with E-state index >= 15 is 0 Å². The minimum atomic E-state index is 0.0187. The molecule has 3 heterocycles. The lowest BCUT2D eigenvalue weighted by Gasteiger charge is -2.37. The van der Waals surface area contributed by atoms with Gasteiger partial charge in [0.25, 0.3) is 5.91 Å². The van der Waals surface area contributed by atoms with Crippen molar-refractivity contribution in [2.24, 2.45) is 0 Å². The number of hydrogen-bond acceptors (Lipinski definition) is 6. The lowest BCUT2D eigenvalue weighted by molar-refractivity contribution is 0.0711. The second-order valence-electron chi connectivity index (χ2n) is 6.35. The van der Waals surface area contributed by atoms with Gasteiger partial charge in [-0.05, 0) is 33.6 Å². The van der Waals surface area contributed by atoms with Crippen LogP contribution in [0.5, 0.6) is 0 Å². The molecule has 3 rings (SSSR count). The zero-order chi connectivity index (χ0) is 17.3. The van der Waals surface area contributed by atoms with Gasteiger partial charge in [-0.2, -0.15) is 0 Å². The van der Waals surface area contributed by atoms with E-state index in [0.717, 1.165) is 37.4 Å². The van der Waals surface area contributed by atoms with Crippen LogP contribution in [0.3, 0.4) is 0 Å². The first-order valence-corrected chi connectivity index (χ1v) is 8.21. The Morgan fingerprint density at radius 1 is 1.25 bits per heavy atom.